The molecule has 2 aromatic heterocycles. The van der Waals surface area contributed by atoms with Gasteiger partial charge in [0.2, 0.25) is 0 Å². The second kappa shape index (κ2) is 10.1. The van der Waals surface area contributed by atoms with E-state index in [2.05, 4.69) is 42.3 Å². The molecule has 3 heterocycles. The van der Waals surface area contributed by atoms with E-state index in [1.165, 1.54) is 11.1 Å². The highest BCUT2D eigenvalue weighted by Gasteiger charge is 2.24. The van der Waals surface area contributed by atoms with Crippen molar-refractivity contribution in [2.24, 2.45) is 0 Å². The second-order valence-electron chi connectivity index (χ2n) is 8.38. The van der Waals surface area contributed by atoms with Crippen LogP contribution < -0.4 is 5.32 Å². The molecule has 1 N–H and O–H groups in total. The number of nitrogens with zero attached hydrogens (tertiary/aromatic N) is 3. The van der Waals surface area contributed by atoms with Gasteiger partial charge in [0.15, 0.2) is 0 Å². The van der Waals surface area contributed by atoms with Crippen molar-refractivity contribution in [1.29, 1.82) is 0 Å². The van der Waals surface area contributed by atoms with Crippen LogP contribution in [0.3, 0.4) is 0 Å². The minimum absolute atomic E-state index is 0.0227. The van der Waals surface area contributed by atoms with E-state index in [1.807, 2.05) is 46.6 Å². The van der Waals surface area contributed by atoms with Crippen molar-refractivity contribution in [3.63, 3.8) is 0 Å². The van der Waals surface area contributed by atoms with Crippen molar-refractivity contribution >= 4 is 17.2 Å². The summed E-state index contributed by atoms with van der Waals surface area (Å²) in [4.78, 5) is 16.7. The molecule has 0 unspecified atom stereocenters. The largest absolute Gasteiger partial charge is 0.349 e. The minimum atomic E-state index is -0.0227. The first kappa shape index (κ1) is 21.5. The lowest BCUT2D eigenvalue weighted by Crippen LogP contribution is -2.44. The van der Waals surface area contributed by atoms with Gasteiger partial charge in [-0.1, -0.05) is 48.0 Å². The van der Waals surface area contributed by atoms with Gasteiger partial charge in [-0.3, -0.25) is 14.4 Å². The molecule has 0 radical (unpaired) electrons. The molecule has 1 saturated heterocycles. The summed E-state index contributed by atoms with van der Waals surface area (Å²) in [5.41, 5.74) is 3.94. The number of carbonyl (C=O) groups is 1. The van der Waals surface area contributed by atoms with Crippen molar-refractivity contribution in [2.75, 3.05) is 19.6 Å². The quantitative estimate of drug-likeness (QED) is 0.543. The summed E-state index contributed by atoms with van der Waals surface area (Å²) in [6, 6.07) is 14.5. The van der Waals surface area contributed by atoms with Gasteiger partial charge in [-0.05, 0) is 43.7 Å². The fraction of sp³-hybridized carbons (Fsp3) is 0.360. The molecular weight excluding hydrogens is 404 g/mol. The molecule has 0 atom stereocenters. The highest BCUT2D eigenvalue weighted by molar-refractivity contribution is 7.13. The average molecular weight is 435 g/mol. The van der Waals surface area contributed by atoms with Gasteiger partial charge in [-0.15, -0.1) is 11.3 Å². The van der Waals surface area contributed by atoms with E-state index in [0.717, 1.165) is 43.0 Å². The molecule has 162 valence electrons. The van der Waals surface area contributed by atoms with Gasteiger partial charge in [0.05, 0.1) is 17.0 Å². The fourth-order valence-corrected chi connectivity index (χ4v) is 4.59. The first-order valence-electron chi connectivity index (χ1n) is 10.9. The summed E-state index contributed by atoms with van der Waals surface area (Å²) < 4.78 is 1.88. The maximum atomic E-state index is 13.2. The smallest absolute Gasteiger partial charge is 0.255 e. The number of benzene rings is 1. The summed E-state index contributed by atoms with van der Waals surface area (Å²) in [5.74, 6) is -0.0227. The Hall–Kier alpha value is -2.70. The molecule has 31 heavy (non-hydrogen) atoms. The zero-order valence-electron chi connectivity index (χ0n) is 18.3. The molecule has 0 saturated carbocycles. The van der Waals surface area contributed by atoms with Crippen LogP contribution in [-0.2, 0) is 6.54 Å². The Morgan fingerprint density at radius 2 is 1.94 bits per heavy atom. The maximum Gasteiger partial charge on any atom is 0.255 e. The Balaban J connectivity index is 1.45. The lowest BCUT2D eigenvalue weighted by atomic mass is 10.0. The molecule has 3 aromatic rings. The number of piperidine rings is 1. The third-order valence-electron chi connectivity index (χ3n) is 5.63. The highest BCUT2D eigenvalue weighted by atomic mass is 32.1. The number of hydrogen-bond acceptors (Lipinski definition) is 4. The van der Waals surface area contributed by atoms with Crippen LogP contribution in [0.25, 0.3) is 10.6 Å². The van der Waals surface area contributed by atoms with E-state index in [9.17, 15) is 4.79 Å². The average Bonchev–Trinajstić information content (AvgIpc) is 3.44. The third kappa shape index (κ3) is 5.71. The van der Waals surface area contributed by atoms with Crippen molar-refractivity contribution in [3.05, 3.63) is 76.8 Å². The van der Waals surface area contributed by atoms with E-state index in [1.54, 1.807) is 11.3 Å². The molecule has 5 nitrogen and oxygen atoms in total. The fourth-order valence-electron chi connectivity index (χ4n) is 3.87. The van der Waals surface area contributed by atoms with Crippen LogP contribution in [0.5, 0.6) is 0 Å². The van der Waals surface area contributed by atoms with Gasteiger partial charge in [0.25, 0.3) is 5.91 Å². The number of likely N-dealkylation sites (tertiary alicyclic amines) is 1. The topological polar surface area (TPSA) is 50.2 Å². The summed E-state index contributed by atoms with van der Waals surface area (Å²) in [7, 11) is 0. The standard InChI is InChI=1S/C25H30N4OS/c1-19(2)10-13-28-14-11-21(12-15-28)26-25(30)22-18-29(17-20-7-4-3-5-8-20)27-24(22)23-9-6-16-31-23/h3-10,16,18,21H,11-15,17H2,1-2H3,(H,26,30). The van der Waals surface area contributed by atoms with Gasteiger partial charge >= 0.3 is 0 Å². The van der Waals surface area contributed by atoms with Crippen LogP contribution in [-0.4, -0.2) is 46.3 Å². The summed E-state index contributed by atoms with van der Waals surface area (Å²) in [5, 5.41) is 10.1. The number of carbonyl (C=O) groups excluding carboxylic acids is 1. The molecular formula is C25H30N4OS. The maximum absolute atomic E-state index is 13.2. The molecule has 0 spiro atoms. The molecule has 6 heteroatoms. The molecule has 1 aromatic carbocycles. The Bertz CT molecular complexity index is 1010. The van der Waals surface area contributed by atoms with E-state index in [-0.39, 0.29) is 11.9 Å². The Morgan fingerprint density at radius 3 is 2.61 bits per heavy atom. The lowest BCUT2D eigenvalue weighted by molar-refractivity contribution is 0.0914. The van der Waals surface area contributed by atoms with Gasteiger partial charge < -0.3 is 5.32 Å². The van der Waals surface area contributed by atoms with Crippen LogP contribution in [0.2, 0.25) is 0 Å². The van der Waals surface area contributed by atoms with Crippen LogP contribution in [0.1, 0.15) is 42.6 Å². The minimum Gasteiger partial charge on any atom is -0.349 e. The van der Waals surface area contributed by atoms with Gasteiger partial charge in [0.1, 0.15) is 5.69 Å². The molecule has 1 fully saturated rings. The Morgan fingerprint density at radius 1 is 1.16 bits per heavy atom. The Labute approximate surface area is 188 Å². The van der Waals surface area contributed by atoms with Gasteiger partial charge in [-0.2, -0.15) is 5.10 Å². The van der Waals surface area contributed by atoms with Gasteiger partial charge in [0, 0.05) is 31.9 Å². The van der Waals surface area contributed by atoms with Crippen molar-refractivity contribution in [2.45, 2.75) is 39.3 Å². The normalized spacial score (nSPS) is 15.0. The summed E-state index contributed by atoms with van der Waals surface area (Å²) >= 11 is 1.61. The number of allylic oxidation sites excluding steroid dienone is 1. The number of amides is 1. The molecule has 4 rings (SSSR count). The molecule has 0 aliphatic carbocycles. The lowest BCUT2D eigenvalue weighted by Gasteiger charge is -2.31. The SMILES string of the molecule is CC(C)=CCN1CCC(NC(=O)c2cn(Cc3ccccc3)nc2-c2cccs2)CC1. The predicted octanol–water partition coefficient (Wildman–Crippen LogP) is 4.82. The number of rotatable bonds is 7. The monoisotopic (exact) mass is 434 g/mol. The molecule has 1 aliphatic rings. The first-order chi connectivity index (χ1) is 15.1. The highest BCUT2D eigenvalue weighted by Crippen LogP contribution is 2.27. The van der Waals surface area contributed by atoms with Crippen molar-refractivity contribution in [1.82, 2.24) is 20.0 Å². The van der Waals surface area contributed by atoms with E-state index < -0.39 is 0 Å². The zero-order chi connectivity index (χ0) is 21.6. The van der Waals surface area contributed by atoms with Crippen molar-refractivity contribution < 1.29 is 4.79 Å². The molecule has 1 aliphatic heterocycles. The van der Waals surface area contributed by atoms with E-state index in [4.69, 9.17) is 5.10 Å². The number of thiophene rings is 1. The second-order valence-corrected chi connectivity index (χ2v) is 9.33. The Kier molecular flexibility index (Phi) is 6.99. The van der Waals surface area contributed by atoms with Crippen LogP contribution in [0.15, 0.2) is 65.7 Å². The van der Waals surface area contributed by atoms with Crippen LogP contribution in [0.4, 0.5) is 0 Å². The van der Waals surface area contributed by atoms with Crippen LogP contribution >= 0.6 is 11.3 Å². The number of hydrogen-bond donors (Lipinski definition) is 1. The summed E-state index contributed by atoms with van der Waals surface area (Å²) in [6.45, 7) is 7.94. The van der Waals surface area contributed by atoms with Crippen LogP contribution in [0, 0.1) is 0 Å². The van der Waals surface area contributed by atoms with E-state index >= 15 is 0 Å². The first-order valence-corrected chi connectivity index (χ1v) is 11.8. The number of aromatic nitrogens is 2. The van der Waals surface area contributed by atoms with E-state index in [0.29, 0.717) is 12.1 Å². The zero-order valence-corrected chi connectivity index (χ0v) is 19.1. The molecule has 0 bridgehead atoms. The third-order valence-corrected chi connectivity index (χ3v) is 6.51. The molecule has 1 amide bonds. The summed E-state index contributed by atoms with van der Waals surface area (Å²) in [6.07, 6.45) is 6.12. The number of nitrogens with one attached hydrogen (secondary N) is 1. The predicted molar refractivity (Wildman–Crippen MR) is 127 cm³/mol. The van der Waals surface area contributed by atoms with Gasteiger partial charge in [-0.25, -0.2) is 0 Å². The van der Waals surface area contributed by atoms with Crippen molar-refractivity contribution in [3.8, 4) is 10.6 Å².